The molecular formula is C14H22Br2N2. The van der Waals surface area contributed by atoms with Gasteiger partial charge in [0.25, 0.3) is 0 Å². The molecule has 18 heavy (non-hydrogen) atoms. The summed E-state index contributed by atoms with van der Waals surface area (Å²) in [6.45, 7) is 2.37. The molecule has 0 amide bonds. The van der Waals surface area contributed by atoms with Gasteiger partial charge in [-0.1, -0.05) is 18.2 Å². The van der Waals surface area contributed by atoms with E-state index < -0.39 is 0 Å². The highest BCUT2D eigenvalue weighted by Gasteiger charge is 2.20. The minimum Gasteiger partial charge on any atom is -1.00 e. The number of para-hydroxylation sites is 1. The molecule has 1 aromatic carbocycles. The number of fused-ring (bicyclic) bond motifs is 1. The molecule has 0 fully saturated rings. The fourth-order valence-corrected chi connectivity index (χ4v) is 2.20. The van der Waals surface area contributed by atoms with Crippen molar-refractivity contribution in [3.05, 3.63) is 29.8 Å². The second-order valence-electron chi connectivity index (χ2n) is 5.58. The Morgan fingerprint density at radius 1 is 1.11 bits per heavy atom. The van der Waals surface area contributed by atoms with Crippen LogP contribution in [0.25, 0.3) is 0 Å². The third kappa shape index (κ3) is 4.82. The van der Waals surface area contributed by atoms with Crippen LogP contribution in [0.3, 0.4) is 0 Å². The Morgan fingerprint density at radius 2 is 1.78 bits per heavy atom. The van der Waals surface area contributed by atoms with E-state index in [0.29, 0.717) is 0 Å². The highest BCUT2D eigenvalue weighted by atomic mass is 79.9. The van der Waals surface area contributed by atoms with Gasteiger partial charge >= 0.3 is 0 Å². The molecule has 0 aromatic heterocycles. The van der Waals surface area contributed by atoms with Gasteiger partial charge in [-0.05, 0) is 0 Å². The fraction of sp³-hybridized carbons (Fsp3) is 0.500. The zero-order chi connectivity index (χ0) is 11.6. The average molecular weight is 378 g/mol. The summed E-state index contributed by atoms with van der Waals surface area (Å²) in [4.78, 5) is 0. The lowest BCUT2D eigenvalue weighted by atomic mass is 10.1. The normalized spacial score (nSPS) is 13.2. The lowest BCUT2D eigenvalue weighted by Crippen LogP contribution is -3.00. The minimum absolute atomic E-state index is 0. The van der Waals surface area contributed by atoms with E-state index in [1.54, 1.807) is 0 Å². The Bertz CT molecular complexity index is 409. The van der Waals surface area contributed by atoms with Gasteiger partial charge in [0.15, 0.2) is 6.54 Å². The Balaban J connectivity index is 0.00000144. The van der Waals surface area contributed by atoms with Crippen LogP contribution in [-0.2, 0) is 6.42 Å². The van der Waals surface area contributed by atoms with Crippen molar-refractivity contribution in [2.75, 3.05) is 34.2 Å². The van der Waals surface area contributed by atoms with Gasteiger partial charge in [-0.3, -0.25) is 0 Å². The zero-order valence-electron chi connectivity index (χ0n) is 11.4. The molecule has 0 saturated heterocycles. The van der Waals surface area contributed by atoms with Gasteiger partial charge in [-0.2, -0.15) is 0 Å². The number of hydrogen-bond donors (Lipinski definition) is 0. The summed E-state index contributed by atoms with van der Waals surface area (Å²) in [6, 6.07) is 8.71. The summed E-state index contributed by atoms with van der Waals surface area (Å²) in [7, 11) is 6.75. The summed E-state index contributed by atoms with van der Waals surface area (Å²) in [5.74, 6) is 0. The predicted octanol–water partition coefficient (Wildman–Crippen LogP) is -3.94. The Labute approximate surface area is 131 Å². The van der Waals surface area contributed by atoms with Crippen LogP contribution in [0.1, 0.15) is 12.0 Å². The van der Waals surface area contributed by atoms with Crippen molar-refractivity contribution in [2.45, 2.75) is 12.8 Å². The molecule has 0 N–H and O–H groups in total. The third-order valence-corrected chi connectivity index (χ3v) is 3.06. The molecule has 0 aliphatic carbocycles. The predicted molar refractivity (Wildman–Crippen MR) is 68.5 cm³/mol. The van der Waals surface area contributed by atoms with Crippen LogP contribution in [0.2, 0.25) is 0 Å². The van der Waals surface area contributed by atoms with E-state index in [1.807, 2.05) is 0 Å². The lowest BCUT2D eigenvalue weighted by molar-refractivity contribution is -0.871. The number of hydrogen-bond acceptors (Lipinski definition) is 0. The first-order chi connectivity index (χ1) is 7.56. The summed E-state index contributed by atoms with van der Waals surface area (Å²) in [6.07, 6.45) is 4.66. The standard InChI is InChI=1S/C14H22N2.2BrH/c1-16(2,3)12-6-10-15-11-9-13-7-4-5-8-14(13)15;;/h4-5,7-8,11H,6,9-10,12H2,1-3H3;2*1H/q+2;;/p-2. The summed E-state index contributed by atoms with van der Waals surface area (Å²) in [5, 5.41) is 0. The van der Waals surface area contributed by atoms with Gasteiger partial charge < -0.3 is 38.4 Å². The Morgan fingerprint density at radius 3 is 2.44 bits per heavy atom. The van der Waals surface area contributed by atoms with E-state index in [4.69, 9.17) is 0 Å². The number of halogens is 2. The van der Waals surface area contributed by atoms with Crippen LogP contribution < -0.4 is 34.0 Å². The molecular weight excluding hydrogens is 356 g/mol. The molecule has 0 unspecified atom stereocenters. The topological polar surface area (TPSA) is 3.01 Å². The molecule has 102 valence electrons. The van der Waals surface area contributed by atoms with Crippen molar-refractivity contribution in [1.82, 2.24) is 0 Å². The number of quaternary nitrogens is 1. The van der Waals surface area contributed by atoms with Gasteiger partial charge in [-0.15, -0.1) is 0 Å². The SMILES string of the molecule is C[N+](C)(C)CCC[N+]1=CCc2ccccc21.[Br-].[Br-]. The second-order valence-corrected chi connectivity index (χ2v) is 5.58. The minimum atomic E-state index is 0. The van der Waals surface area contributed by atoms with E-state index in [9.17, 15) is 0 Å². The van der Waals surface area contributed by atoms with E-state index in [-0.39, 0.29) is 34.0 Å². The zero-order valence-corrected chi connectivity index (χ0v) is 14.5. The van der Waals surface area contributed by atoms with Crippen molar-refractivity contribution in [1.29, 1.82) is 0 Å². The van der Waals surface area contributed by atoms with Crippen LogP contribution in [0, 0.1) is 0 Å². The van der Waals surface area contributed by atoms with E-state index >= 15 is 0 Å². The van der Waals surface area contributed by atoms with Gasteiger partial charge in [0.1, 0.15) is 6.21 Å². The largest absolute Gasteiger partial charge is 1.00 e. The van der Waals surface area contributed by atoms with Crippen molar-refractivity contribution in [3.63, 3.8) is 0 Å². The molecule has 0 bridgehead atoms. The maximum Gasteiger partial charge on any atom is 0.208 e. The van der Waals surface area contributed by atoms with Crippen LogP contribution in [-0.4, -0.2) is 49.5 Å². The fourth-order valence-electron chi connectivity index (χ4n) is 2.20. The Kier molecular flexibility index (Phi) is 7.33. The van der Waals surface area contributed by atoms with Crippen LogP contribution >= 0.6 is 0 Å². The van der Waals surface area contributed by atoms with Gasteiger partial charge in [-0.25, -0.2) is 4.58 Å². The number of nitrogens with zero attached hydrogens (tertiary/aromatic N) is 2. The van der Waals surface area contributed by atoms with Gasteiger partial charge in [0.05, 0.1) is 40.5 Å². The van der Waals surface area contributed by atoms with Crippen molar-refractivity contribution < 1.29 is 43.0 Å². The first kappa shape index (κ1) is 17.8. The summed E-state index contributed by atoms with van der Waals surface area (Å²) >= 11 is 0. The quantitative estimate of drug-likeness (QED) is 0.372. The van der Waals surface area contributed by atoms with Crippen molar-refractivity contribution in [3.8, 4) is 0 Å². The van der Waals surface area contributed by atoms with Crippen LogP contribution in [0.4, 0.5) is 5.69 Å². The van der Waals surface area contributed by atoms with E-state index in [2.05, 4.69) is 56.2 Å². The molecule has 0 radical (unpaired) electrons. The van der Waals surface area contributed by atoms with Gasteiger partial charge in [0, 0.05) is 11.6 Å². The van der Waals surface area contributed by atoms with Crippen molar-refractivity contribution in [2.24, 2.45) is 0 Å². The molecule has 2 rings (SSSR count). The highest BCUT2D eigenvalue weighted by Crippen LogP contribution is 2.23. The smallest absolute Gasteiger partial charge is 0.208 e. The molecule has 1 aromatic rings. The van der Waals surface area contributed by atoms with Crippen molar-refractivity contribution >= 4 is 11.9 Å². The maximum atomic E-state index is 2.41. The Hall–Kier alpha value is -0.190. The number of rotatable bonds is 4. The van der Waals surface area contributed by atoms with Gasteiger partial charge in [0.2, 0.25) is 5.69 Å². The number of benzene rings is 1. The van der Waals surface area contributed by atoms with Crippen LogP contribution in [0.5, 0.6) is 0 Å². The molecule has 1 aliphatic heterocycles. The molecule has 0 spiro atoms. The monoisotopic (exact) mass is 376 g/mol. The molecule has 0 atom stereocenters. The third-order valence-electron chi connectivity index (χ3n) is 3.06. The summed E-state index contributed by atoms with van der Waals surface area (Å²) < 4.78 is 3.46. The summed E-state index contributed by atoms with van der Waals surface area (Å²) in [5.41, 5.74) is 2.87. The molecule has 1 heterocycles. The van der Waals surface area contributed by atoms with Crippen LogP contribution in [0.15, 0.2) is 24.3 Å². The first-order valence-corrected chi connectivity index (χ1v) is 6.05. The van der Waals surface area contributed by atoms with E-state index in [1.165, 1.54) is 24.2 Å². The lowest BCUT2D eigenvalue weighted by Gasteiger charge is -2.22. The molecule has 0 saturated carbocycles. The first-order valence-electron chi connectivity index (χ1n) is 6.05. The highest BCUT2D eigenvalue weighted by molar-refractivity contribution is 5.66. The molecule has 2 nitrogen and oxygen atoms in total. The average Bonchev–Trinajstić information content (AvgIpc) is 2.60. The molecule has 4 heteroatoms. The van der Waals surface area contributed by atoms with E-state index in [0.717, 1.165) is 17.4 Å². The second kappa shape index (κ2) is 7.41. The molecule has 1 aliphatic rings. The maximum absolute atomic E-state index is 2.41.